The largest absolute Gasteiger partial charge is 0.481 e. The maximum atomic E-state index is 12.6. The Morgan fingerprint density at radius 1 is 1.12 bits per heavy atom. The Kier molecular flexibility index (Phi) is 11.5. The van der Waals surface area contributed by atoms with E-state index in [0.29, 0.717) is 12.3 Å². The molecule has 2 unspecified atom stereocenters. The highest BCUT2D eigenvalue weighted by Gasteiger charge is 2.96. The van der Waals surface area contributed by atoms with Crippen LogP contribution in [0.25, 0.3) is 11.2 Å². The fourth-order valence-electron chi connectivity index (χ4n) is 4.85. The number of aliphatic hydroxyl groups excluding tert-OH is 2. The number of hydrogen-bond donors (Lipinski definition) is 10. The lowest BCUT2D eigenvalue weighted by molar-refractivity contribution is -0.336. The first-order valence-electron chi connectivity index (χ1n) is 13.7. The second-order valence-electron chi connectivity index (χ2n) is 11.2. The lowest BCUT2D eigenvalue weighted by Crippen LogP contribution is -2.52. The van der Waals surface area contributed by atoms with Crippen molar-refractivity contribution in [1.29, 1.82) is 0 Å². The summed E-state index contributed by atoms with van der Waals surface area (Å²) in [6.45, 7) is 0.909. The number of fused-ring (bicyclic) bond motifs is 2. The number of carbonyl (C=O) groups is 2. The quantitative estimate of drug-likeness (QED) is 0.0347. The van der Waals surface area contributed by atoms with Crippen LogP contribution < -0.4 is 16.4 Å². The molecule has 4 heterocycles. The van der Waals surface area contributed by atoms with Gasteiger partial charge in [0, 0.05) is 30.7 Å². The van der Waals surface area contributed by atoms with Crippen LogP contribution in [0.4, 0.5) is 5.82 Å². The van der Waals surface area contributed by atoms with Crippen LogP contribution in [0.3, 0.4) is 0 Å². The maximum absolute atomic E-state index is 12.6. The number of phosphoric ester groups is 3. The van der Waals surface area contributed by atoms with E-state index in [-0.39, 0.29) is 35.9 Å². The number of anilines is 1. The number of nitrogens with zero attached hydrogens (tertiary/aromatic N) is 4. The van der Waals surface area contributed by atoms with Crippen molar-refractivity contribution in [3.05, 3.63) is 12.7 Å². The first kappa shape index (κ1) is 38.7. The van der Waals surface area contributed by atoms with Crippen LogP contribution >= 0.6 is 36.1 Å². The molecule has 2 saturated heterocycles. The average molecular weight is 767 g/mol. The molecule has 2 fully saturated rings. The molecule has 270 valence electrons. The van der Waals surface area contributed by atoms with Gasteiger partial charge in [-0.3, -0.25) is 18.6 Å². The molecule has 2 aliphatic rings. The van der Waals surface area contributed by atoms with Gasteiger partial charge in [-0.25, -0.2) is 33.2 Å². The molecule has 7 atom stereocenters. The highest BCUT2D eigenvalue weighted by molar-refractivity contribution is 7.80. The lowest BCUT2D eigenvalue weighted by Gasteiger charge is -2.32. The number of amides is 2. The summed E-state index contributed by atoms with van der Waals surface area (Å²) in [5, 5.41) is 26.2. The van der Waals surface area contributed by atoms with Gasteiger partial charge < -0.3 is 50.5 Å². The zero-order chi connectivity index (χ0) is 35.9. The van der Waals surface area contributed by atoms with Gasteiger partial charge in [-0.1, -0.05) is 13.8 Å². The minimum absolute atomic E-state index is 0.00216. The molecular weight excluding hydrogens is 731 g/mol. The molecule has 2 aromatic heterocycles. The first-order chi connectivity index (χ1) is 22.2. The van der Waals surface area contributed by atoms with E-state index in [1.807, 2.05) is 0 Å². The van der Waals surface area contributed by atoms with Crippen LogP contribution in [0.5, 0.6) is 0 Å². The summed E-state index contributed by atoms with van der Waals surface area (Å²) in [5.74, 6) is -3.08. The zero-order valence-corrected chi connectivity index (χ0v) is 28.7. The van der Waals surface area contributed by atoms with E-state index in [1.165, 1.54) is 24.7 Å². The average Bonchev–Trinajstić information content (AvgIpc) is 3.26. The van der Waals surface area contributed by atoms with E-state index in [4.69, 9.17) is 19.3 Å². The number of nitrogen functional groups attached to an aromatic ring is 1. The fraction of sp³-hybridized carbons (Fsp3) is 0.667. The molecule has 0 saturated carbocycles. The van der Waals surface area contributed by atoms with Crippen molar-refractivity contribution in [3.63, 3.8) is 0 Å². The second kappa shape index (κ2) is 14.3. The van der Waals surface area contributed by atoms with E-state index in [9.17, 15) is 53.1 Å². The van der Waals surface area contributed by atoms with Gasteiger partial charge in [0.1, 0.15) is 30.9 Å². The number of rotatable bonds is 18. The van der Waals surface area contributed by atoms with Crippen LogP contribution in [0.15, 0.2) is 12.7 Å². The molecule has 0 bridgehead atoms. The summed E-state index contributed by atoms with van der Waals surface area (Å²) in [5.41, 5.74) is 4.46. The minimum atomic E-state index is -5.49. The van der Waals surface area contributed by atoms with Gasteiger partial charge in [0.15, 0.2) is 11.5 Å². The number of carbonyl (C=O) groups excluding carboxylic acids is 2. The maximum Gasteiger partial charge on any atom is 0.481 e. The summed E-state index contributed by atoms with van der Waals surface area (Å²) in [6, 6.07) is 0. The smallest absolute Gasteiger partial charge is 0.383 e. The predicted molar refractivity (Wildman–Crippen MR) is 162 cm³/mol. The normalized spacial score (nSPS) is 25.7. The van der Waals surface area contributed by atoms with Crippen molar-refractivity contribution in [1.82, 2.24) is 30.2 Å². The molecule has 0 aromatic carbocycles. The summed E-state index contributed by atoms with van der Waals surface area (Å²) < 4.78 is 58.9. The Labute approximate surface area is 276 Å². The number of aromatic nitrogens is 4. The summed E-state index contributed by atoms with van der Waals surface area (Å²) in [4.78, 5) is 75.0. The van der Waals surface area contributed by atoms with Crippen LogP contribution in [0, 0.1) is 5.41 Å². The Balaban J connectivity index is 1.34. The summed E-state index contributed by atoms with van der Waals surface area (Å²) in [7, 11) is -16.2. The second-order valence-corrected chi connectivity index (χ2v) is 15.8. The van der Waals surface area contributed by atoms with E-state index in [1.54, 1.807) is 0 Å². The van der Waals surface area contributed by atoms with Gasteiger partial charge in [0.25, 0.3) is 18.4 Å². The third kappa shape index (κ3) is 8.43. The number of phosphoric acid groups is 3. The lowest BCUT2D eigenvalue weighted by atomic mass is 9.87. The number of imidazole rings is 1. The Bertz CT molecular complexity index is 1680. The molecule has 0 spiro atoms. The number of nitrogens with one attached hydrogen (secondary N) is 2. The highest BCUT2D eigenvalue weighted by atomic mass is 32.1. The van der Waals surface area contributed by atoms with Crippen LogP contribution in [0.2, 0.25) is 0 Å². The Morgan fingerprint density at radius 2 is 1.79 bits per heavy atom. The third-order valence-electron chi connectivity index (χ3n) is 7.20. The molecule has 0 radical (unpaired) electrons. The topological polar surface area (TPSA) is 340 Å². The molecule has 2 amide bonds. The zero-order valence-electron chi connectivity index (χ0n) is 25.1. The van der Waals surface area contributed by atoms with Gasteiger partial charge in [0.2, 0.25) is 11.8 Å². The number of epoxide rings is 1. The Hall–Kier alpha value is -2.11. The van der Waals surface area contributed by atoms with Crippen LogP contribution in [-0.4, -0.2) is 117 Å². The van der Waals surface area contributed by atoms with Crippen molar-refractivity contribution in [2.24, 2.45) is 5.41 Å². The summed E-state index contributed by atoms with van der Waals surface area (Å²) in [6.07, 6.45) is -3.95. The van der Waals surface area contributed by atoms with Crippen molar-refractivity contribution in [2.45, 2.75) is 50.6 Å². The van der Waals surface area contributed by atoms with Crippen LogP contribution in [0.1, 0.15) is 26.5 Å². The number of aliphatic hydroxyl groups is 2. The number of thiol groups is 1. The van der Waals surface area contributed by atoms with Crippen molar-refractivity contribution >= 4 is 64.9 Å². The molecule has 27 heteroatoms. The van der Waals surface area contributed by atoms with E-state index < -0.39 is 78.3 Å². The Morgan fingerprint density at radius 3 is 2.44 bits per heavy atom. The monoisotopic (exact) mass is 766 g/mol. The van der Waals surface area contributed by atoms with E-state index in [0.717, 1.165) is 6.33 Å². The molecule has 4 rings (SSSR count). The molecule has 23 nitrogen and oxygen atoms in total. The third-order valence-corrected chi connectivity index (χ3v) is 10.5. The van der Waals surface area contributed by atoms with Crippen LogP contribution in [-0.2, 0) is 45.5 Å². The first-order valence-corrected chi connectivity index (χ1v) is 18.9. The molecule has 2 aromatic rings. The highest BCUT2D eigenvalue weighted by Crippen LogP contribution is 2.72. The van der Waals surface area contributed by atoms with Gasteiger partial charge in [-0.2, -0.15) is 21.5 Å². The number of nitrogens with two attached hydrogens (primary N) is 1. The number of hydrogen-bond acceptors (Lipinski definition) is 16. The van der Waals surface area contributed by atoms with Gasteiger partial charge >= 0.3 is 29.3 Å². The van der Waals surface area contributed by atoms with Gasteiger partial charge in [-0.15, -0.1) is 0 Å². The molecular formula is C21H35N7O16P3S+. The van der Waals surface area contributed by atoms with Gasteiger partial charge in [0.05, 0.1) is 6.61 Å². The minimum Gasteiger partial charge on any atom is -0.383 e. The molecule has 10 N–H and O–H groups in total. The predicted octanol–water partition coefficient (Wildman–Crippen LogP) is -1.79. The van der Waals surface area contributed by atoms with E-state index >= 15 is 0 Å². The van der Waals surface area contributed by atoms with Crippen molar-refractivity contribution in [2.75, 3.05) is 37.8 Å². The fourth-order valence-corrected chi connectivity index (χ4v) is 7.88. The summed E-state index contributed by atoms with van der Waals surface area (Å²) >= 11 is 3.95. The SMILES string of the molecule is CC(C)(COP(=O)(O)OP(=O)(O)OC[C@H]1[O+]2[C@@H](n3cnc4c(N)ncnc43)[C@H](O)[C@]12OP(=O)(O)O)[C@@H](O)C(=O)NCCC(=O)NCCS. The standard InChI is InChI=1S/C21H34N7O16P3S/c1-20(2,14(30)18(32)24-4-3-12(29)23-5-6-48)8-41-47(38,39)43-46(36,37)40-7-11-21(42-45(33,34)35)15(31)19(44(11)21)28-10-27-13-16(22)25-9-26-17(13)28/h9-11,14-15,19,30-31H,3-8H2,1-2H3,(H8-,22,23,24,25,26,29,32,33,34,35,36,37,38,39,48)/p+1/t11-,14+,15+,19-,21+/m1/s1. The van der Waals surface area contributed by atoms with Crippen molar-refractivity contribution in [3.8, 4) is 0 Å². The van der Waals surface area contributed by atoms with E-state index in [2.05, 4.69) is 46.9 Å². The molecule has 0 aliphatic carbocycles. The van der Waals surface area contributed by atoms with Gasteiger partial charge in [-0.05, 0) is 0 Å². The van der Waals surface area contributed by atoms with Crippen molar-refractivity contribution < 1.29 is 75.3 Å². The molecule has 48 heavy (non-hydrogen) atoms. The molecule has 2 aliphatic heterocycles.